The van der Waals surface area contributed by atoms with E-state index in [0.29, 0.717) is 5.92 Å². The van der Waals surface area contributed by atoms with E-state index in [4.69, 9.17) is 4.98 Å². The van der Waals surface area contributed by atoms with Crippen molar-refractivity contribution in [2.75, 3.05) is 18.0 Å². The van der Waals surface area contributed by atoms with Gasteiger partial charge in [-0.25, -0.2) is 9.50 Å². The van der Waals surface area contributed by atoms with E-state index in [1.807, 2.05) is 10.7 Å². The molecule has 20 heavy (non-hydrogen) atoms. The molecule has 4 nitrogen and oxygen atoms in total. The van der Waals surface area contributed by atoms with Crippen LogP contribution < -0.4 is 4.90 Å². The summed E-state index contributed by atoms with van der Waals surface area (Å²) in [6.45, 7) is 2.30. The van der Waals surface area contributed by atoms with Crippen LogP contribution in [0.1, 0.15) is 56.4 Å². The fourth-order valence-corrected chi connectivity index (χ4v) is 3.70. The van der Waals surface area contributed by atoms with Crippen LogP contribution in [-0.4, -0.2) is 27.7 Å². The van der Waals surface area contributed by atoms with Crippen LogP contribution in [0.15, 0.2) is 18.5 Å². The molecule has 2 aromatic heterocycles. The molecule has 0 aromatic carbocycles. The summed E-state index contributed by atoms with van der Waals surface area (Å²) in [6, 6.07) is 2.11. The Morgan fingerprint density at radius 2 is 1.80 bits per heavy atom. The third-order valence-electron chi connectivity index (χ3n) is 4.86. The second-order valence-corrected chi connectivity index (χ2v) is 6.18. The van der Waals surface area contributed by atoms with Gasteiger partial charge in [0.05, 0.1) is 6.20 Å². The minimum absolute atomic E-state index is 0.669. The highest BCUT2D eigenvalue weighted by molar-refractivity contribution is 5.54. The fraction of sp³-hybridized carbons (Fsp3) is 0.625. The number of rotatable bonds is 2. The smallest absolute Gasteiger partial charge is 0.160 e. The zero-order valence-electron chi connectivity index (χ0n) is 12.0. The molecule has 0 unspecified atom stereocenters. The molecule has 3 heterocycles. The average Bonchev–Trinajstić information content (AvgIpc) is 3.17. The van der Waals surface area contributed by atoms with Crippen LogP contribution in [0.4, 0.5) is 5.82 Å². The highest BCUT2D eigenvalue weighted by Gasteiger charge is 2.21. The number of aromatic nitrogens is 3. The summed E-state index contributed by atoms with van der Waals surface area (Å²) in [5.41, 5.74) is 2.45. The lowest BCUT2D eigenvalue weighted by Gasteiger charge is -2.21. The summed E-state index contributed by atoms with van der Waals surface area (Å²) >= 11 is 0. The molecular weight excluding hydrogens is 248 g/mol. The van der Waals surface area contributed by atoms with Crippen LogP contribution in [0.25, 0.3) is 5.65 Å². The number of nitrogens with zero attached hydrogens (tertiary/aromatic N) is 4. The Bertz CT molecular complexity index is 592. The van der Waals surface area contributed by atoms with Crippen LogP contribution >= 0.6 is 0 Å². The summed E-state index contributed by atoms with van der Waals surface area (Å²) < 4.78 is 1.95. The number of fused-ring (bicyclic) bond motifs is 1. The van der Waals surface area contributed by atoms with E-state index in [9.17, 15) is 0 Å². The van der Waals surface area contributed by atoms with Crippen molar-refractivity contribution in [3.05, 3.63) is 24.0 Å². The molecule has 1 saturated heterocycles. The summed E-state index contributed by atoms with van der Waals surface area (Å²) in [5, 5.41) is 4.50. The van der Waals surface area contributed by atoms with Crippen LogP contribution in [0.3, 0.4) is 0 Å². The quantitative estimate of drug-likeness (QED) is 0.839. The second kappa shape index (κ2) is 5.08. The number of anilines is 1. The molecule has 0 bridgehead atoms. The van der Waals surface area contributed by atoms with E-state index in [1.165, 1.54) is 50.5 Å². The summed E-state index contributed by atoms with van der Waals surface area (Å²) in [4.78, 5) is 7.32. The van der Waals surface area contributed by atoms with Gasteiger partial charge in [-0.15, -0.1) is 0 Å². The zero-order valence-corrected chi connectivity index (χ0v) is 12.0. The number of hydrogen-bond acceptors (Lipinski definition) is 3. The summed E-state index contributed by atoms with van der Waals surface area (Å²) in [5.74, 6) is 1.80. The summed E-state index contributed by atoms with van der Waals surface area (Å²) in [7, 11) is 0. The predicted molar refractivity (Wildman–Crippen MR) is 80.3 cm³/mol. The molecule has 0 atom stereocenters. The third kappa shape index (κ3) is 2.07. The van der Waals surface area contributed by atoms with Gasteiger partial charge >= 0.3 is 0 Å². The van der Waals surface area contributed by atoms with E-state index in [-0.39, 0.29) is 0 Å². The molecule has 106 valence electrons. The minimum atomic E-state index is 0.669. The second-order valence-electron chi connectivity index (χ2n) is 6.18. The Kier molecular flexibility index (Phi) is 3.09. The Labute approximate surface area is 119 Å². The predicted octanol–water partition coefficient (Wildman–Crippen LogP) is 3.38. The van der Waals surface area contributed by atoms with Gasteiger partial charge in [-0.1, -0.05) is 19.3 Å². The van der Waals surface area contributed by atoms with Crippen molar-refractivity contribution in [2.45, 2.75) is 50.9 Å². The highest BCUT2D eigenvalue weighted by atomic mass is 15.3. The van der Waals surface area contributed by atoms with Gasteiger partial charge in [0.25, 0.3) is 0 Å². The van der Waals surface area contributed by atoms with Gasteiger partial charge in [0.2, 0.25) is 0 Å². The lowest BCUT2D eigenvalue weighted by atomic mass is 9.85. The lowest BCUT2D eigenvalue weighted by molar-refractivity contribution is 0.445. The maximum atomic E-state index is 4.92. The van der Waals surface area contributed by atoms with E-state index in [1.54, 1.807) is 0 Å². The fourth-order valence-electron chi connectivity index (χ4n) is 3.70. The van der Waals surface area contributed by atoms with E-state index < -0.39 is 0 Å². The van der Waals surface area contributed by atoms with E-state index in [0.717, 1.165) is 24.6 Å². The van der Waals surface area contributed by atoms with Crippen molar-refractivity contribution in [3.8, 4) is 0 Å². The Morgan fingerprint density at radius 1 is 1.00 bits per heavy atom. The molecule has 1 aliphatic carbocycles. The molecule has 2 fully saturated rings. The first-order chi connectivity index (χ1) is 9.92. The molecule has 0 radical (unpaired) electrons. The molecule has 4 rings (SSSR count). The standard InChI is InChI=1S/C16H22N4/c1-2-6-13(7-3-1)14-12-17-20-11-8-15(18-16(14)20)19-9-4-5-10-19/h8,11-13H,1-7,9-10H2. The topological polar surface area (TPSA) is 33.4 Å². The molecule has 0 N–H and O–H groups in total. The Balaban J connectivity index is 1.71. The molecular formula is C16H22N4. The SMILES string of the molecule is c1cn2ncc(C3CCCCC3)c2nc1N1CCCC1. The highest BCUT2D eigenvalue weighted by Crippen LogP contribution is 2.34. The van der Waals surface area contributed by atoms with Gasteiger partial charge in [0.1, 0.15) is 5.82 Å². The maximum absolute atomic E-state index is 4.92. The normalized spacial score (nSPS) is 20.9. The van der Waals surface area contributed by atoms with Gasteiger partial charge in [-0.2, -0.15) is 5.10 Å². The van der Waals surface area contributed by atoms with Crippen molar-refractivity contribution in [2.24, 2.45) is 0 Å². The lowest BCUT2D eigenvalue weighted by Crippen LogP contribution is -2.19. The number of hydrogen-bond donors (Lipinski definition) is 0. The molecule has 1 aliphatic heterocycles. The first-order valence-electron chi connectivity index (χ1n) is 8.01. The van der Waals surface area contributed by atoms with Gasteiger partial charge in [0.15, 0.2) is 5.65 Å². The van der Waals surface area contributed by atoms with Gasteiger partial charge in [-0.05, 0) is 37.7 Å². The van der Waals surface area contributed by atoms with Gasteiger partial charge in [-0.3, -0.25) is 0 Å². The Hall–Kier alpha value is -1.58. The van der Waals surface area contributed by atoms with Crippen molar-refractivity contribution in [3.63, 3.8) is 0 Å². The molecule has 0 spiro atoms. The maximum Gasteiger partial charge on any atom is 0.160 e. The van der Waals surface area contributed by atoms with Crippen molar-refractivity contribution < 1.29 is 0 Å². The van der Waals surface area contributed by atoms with Crippen LogP contribution in [0, 0.1) is 0 Å². The molecule has 0 amide bonds. The van der Waals surface area contributed by atoms with Crippen LogP contribution in [0.5, 0.6) is 0 Å². The van der Waals surface area contributed by atoms with Gasteiger partial charge in [0, 0.05) is 24.8 Å². The zero-order chi connectivity index (χ0) is 13.4. The summed E-state index contributed by atoms with van der Waals surface area (Å²) in [6.07, 6.45) is 13.4. The van der Waals surface area contributed by atoms with Crippen molar-refractivity contribution in [1.29, 1.82) is 0 Å². The third-order valence-corrected chi connectivity index (χ3v) is 4.86. The largest absolute Gasteiger partial charge is 0.357 e. The van der Waals surface area contributed by atoms with Crippen molar-refractivity contribution >= 4 is 11.5 Å². The van der Waals surface area contributed by atoms with E-state index in [2.05, 4.69) is 22.3 Å². The molecule has 4 heteroatoms. The average molecular weight is 270 g/mol. The Morgan fingerprint density at radius 3 is 2.60 bits per heavy atom. The van der Waals surface area contributed by atoms with E-state index >= 15 is 0 Å². The molecule has 2 aliphatic rings. The minimum Gasteiger partial charge on any atom is -0.357 e. The first kappa shape index (κ1) is 12.2. The molecule has 1 saturated carbocycles. The van der Waals surface area contributed by atoms with Crippen LogP contribution in [0.2, 0.25) is 0 Å². The monoisotopic (exact) mass is 270 g/mol. The molecule has 2 aromatic rings. The van der Waals surface area contributed by atoms with Crippen molar-refractivity contribution in [1.82, 2.24) is 14.6 Å². The van der Waals surface area contributed by atoms with Crippen LogP contribution in [-0.2, 0) is 0 Å². The van der Waals surface area contributed by atoms with Gasteiger partial charge < -0.3 is 4.90 Å². The first-order valence-corrected chi connectivity index (χ1v) is 8.01.